The number of imidazole rings is 1. The number of nitrogens with zero attached hydrogens (tertiary/aromatic N) is 5. The molecule has 3 aromatic rings. The SMILES string of the molecule is C[C@H](c1cncs1)N(C)Cc1c(C(=O)N2CCCC2)nc2ccccn12. The number of rotatable bonds is 5. The van der Waals surface area contributed by atoms with Crippen molar-refractivity contribution in [2.24, 2.45) is 0 Å². The molecular formula is C19H23N5OS. The van der Waals surface area contributed by atoms with Gasteiger partial charge in [-0.15, -0.1) is 11.3 Å². The summed E-state index contributed by atoms with van der Waals surface area (Å²) in [6.07, 6.45) is 6.06. The predicted octanol–water partition coefficient (Wildman–Crippen LogP) is 3.22. The summed E-state index contributed by atoms with van der Waals surface area (Å²) < 4.78 is 2.04. The zero-order valence-corrected chi connectivity index (χ0v) is 15.9. The zero-order chi connectivity index (χ0) is 18.1. The first-order chi connectivity index (χ1) is 12.6. The van der Waals surface area contributed by atoms with Gasteiger partial charge in [-0.3, -0.25) is 14.7 Å². The molecule has 0 spiro atoms. The number of aromatic nitrogens is 3. The normalized spacial score (nSPS) is 15.9. The highest BCUT2D eigenvalue weighted by molar-refractivity contribution is 7.09. The molecule has 0 unspecified atom stereocenters. The van der Waals surface area contributed by atoms with Crippen LogP contribution >= 0.6 is 11.3 Å². The molecule has 0 radical (unpaired) electrons. The molecule has 1 fully saturated rings. The molecule has 1 amide bonds. The summed E-state index contributed by atoms with van der Waals surface area (Å²) in [5.74, 6) is 0.0556. The van der Waals surface area contributed by atoms with Gasteiger partial charge >= 0.3 is 0 Å². The van der Waals surface area contributed by atoms with Crippen LogP contribution in [0.25, 0.3) is 5.65 Å². The summed E-state index contributed by atoms with van der Waals surface area (Å²) in [7, 11) is 2.08. The molecule has 26 heavy (non-hydrogen) atoms. The van der Waals surface area contributed by atoms with Crippen LogP contribution in [0.2, 0.25) is 0 Å². The van der Waals surface area contributed by atoms with Crippen LogP contribution in [0.1, 0.15) is 46.9 Å². The van der Waals surface area contributed by atoms with Gasteiger partial charge in [-0.2, -0.15) is 0 Å². The summed E-state index contributed by atoms with van der Waals surface area (Å²) in [6.45, 7) is 4.48. The van der Waals surface area contributed by atoms with Gasteiger partial charge in [-0.25, -0.2) is 4.98 Å². The second kappa shape index (κ2) is 7.17. The lowest BCUT2D eigenvalue weighted by Gasteiger charge is -2.24. The molecular weight excluding hydrogens is 346 g/mol. The lowest BCUT2D eigenvalue weighted by atomic mass is 10.2. The Morgan fingerprint density at radius 1 is 1.35 bits per heavy atom. The predicted molar refractivity (Wildman–Crippen MR) is 102 cm³/mol. The molecule has 7 heteroatoms. The molecule has 1 saturated heterocycles. The van der Waals surface area contributed by atoms with E-state index in [4.69, 9.17) is 0 Å². The van der Waals surface area contributed by atoms with Gasteiger partial charge in [0, 0.05) is 42.9 Å². The van der Waals surface area contributed by atoms with Crippen molar-refractivity contribution < 1.29 is 4.79 Å². The summed E-state index contributed by atoms with van der Waals surface area (Å²) in [5, 5.41) is 0. The molecule has 0 saturated carbocycles. The monoisotopic (exact) mass is 369 g/mol. The van der Waals surface area contributed by atoms with Crippen molar-refractivity contribution in [1.82, 2.24) is 24.2 Å². The Morgan fingerprint density at radius 2 is 2.15 bits per heavy atom. The minimum Gasteiger partial charge on any atom is -0.337 e. The van der Waals surface area contributed by atoms with E-state index in [2.05, 4.69) is 28.8 Å². The van der Waals surface area contributed by atoms with Crippen LogP contribution in [0.3, 0.4) is 0 Å². The Kier molecular flexibility index (Phi) is 4.74. The minimum absolute atomic E-state index is 0.0556. The second-order valence-corrected chi connectivity index (χ2v) is 7.75. The number of likely N-dealkylation sites (tertiary alicyclic amines) is 1. The highest BCUT2D eigenvalue weighted by Gasteiger charge is 2.27. The third kappa shape index (κ3) is 3.12. The molecule has 136 valence electrons. The maximum Gasteiger partial charge on any atom is 0.274 e. The Bertz CT molecular complexity index is 898. The summed E-state index contributed by atoms with van der Waals surface area (Å²) >= 11 is 1.66. The van der Waals surface area contributed by atoms with E-state index in [0.717, 1.165) is 37.3 Å². The van der Waals surface area contributed by atoms with Gasteiger partial charge in [0.15, 0.2) is 5.69 Å². The van der Waals surface area contributed by atoms with Crippen LogP contribution in [-0.4, -0.2) is 50.2 Å². The molecule has 6 nitrogen and oxygen atoms in total. The van der Waals surface area contributed by atoms with Crippen LogP contribution in [0.5, 0.6) is 0 Å². The van der Waals surface area contributed by atoms with E-state index in [1.165, 1.54) is 4.88 Å². The number of amides is 1. The fourth-order valence-electron chi connectivity index (χ4n) is 3.46. The van der Waals surface area contributed by atoms with E-state index in [1.807, 2.05) is 45.4 Å². The third-order valence-electron chi connectivity index (χ3n) is 5.15. The highest BCUT2D eigenvalue weighted by atomic mass is 32.1. The van der Waals surface area contributed by atoms with Crippen LogP contribution < -0.4 is 0 Å². The maximum absolute atomic E-state index is 13.0. The van der Waals surface area contributed by atoms with E-state index in [1.54, 1.807) is 11.3 Å². The number of fused-ring (bicyclic) bond motifs is 1. The smallest absolute Gasteiger partial charge is 0.274 e. The van der Waals surface area contributed by atoms with E-state index in [0.29, 0.717) is 12.2 Å². The van der Waals surface area contributed by atoms with Gasteiger partial charge in [0.25, 0.3) is 5.91 Å². The average molecular weight is 369 g/mol. The van der Waals surface area contributed by atoms with E-state index in [-0.39, 0.29) is 11.9 Å². The lowest BCUT2D eigenvalue weighted by Crippen LogP contribution is -2.30. The van der Waals surface area contributed by atoms with Gasteiger partial charge in [0.05, 0.1) is 11.2 Å². The lowest BCUT2D eigenvalue weighted by molar-refractivity contribution is 0.0785. The van der Waals surface area contributed by atoms with E-state index >= 15 is 0 Å². The van der Waals surface area contributed by atoms with Crippen molar-refractivity contribution in [1.29, 1.82) is 0 Å². The first-order valence-corrected chi connectivity index (χ1v) is 9.87. The fraction of sp³-hybridized carbons (Fsp3) is 0.421. The first kappa shape index (κ1) is 17.2. The number of pyridine rings is 1. The minimum atomic E-state index is 0.0556. The standard InChI is InChI=1S/C19H23N5OS/c1-14(16-11-20-13-26-16)22(2)12-15-18(19(25)23-8-5-6-9-23)21-17-7-3-4-10-24(15)17/h3-4,7,10-11,13-14H,5-6,8-9,12H2,1-2H3/t14-/m1/s1. The van der Waals surface area contributed by atoms with Gasteiger partial charge in [0.2, 0.25) is 0 Å². The van der Waals surface area contributed by atoms with Crippen LogP contribution in [-0.2, 0) is 6.54 Å². The van der Waals surface area contributed by atoms with Crippen molar-refractivity contribution in [3.8, 4) is 0 Å². The Labute approximate surface area is 157 Å². The fourth-order valence-corrected chi connectivity index (χ4v) is 4.20. The molecule has 3 aromatic heterocycles. The number of thiazole rings is 1. The number of carbonyl (C=O) groups is 1. The van der Waals surface area contributed by atoms with Gasteiger partial charge in [-0.05, 0) is 38.9 Å². The van der Waals surface area contributed by atoms with Crippen molar-refractivity contribution in [3.63, 3.8) is 0 Å². The van der Waals surface area contributed by atoms with E-state index in [9.17, 15) is 4.79 Å². The van der Waals surface area contributed by atoms with Crippen LogP contribution in [0, 0.1) is 0 Å². The molecule has 1 aliphatic heterocycles. The highest BCUT2D eigenvalue weighted by Crippen LogP contribution is 2.25. The molecule has 4 heterocycles. The van der Waals surface area contributed by atoms with Gasteiger partial charge < -0.3 is 9.30 Å². The summed E-state index contributed by atoms with van der Waals surface area (Å²) in [5.41, 5.74) is 4.22. The Balaban J connectivity index is 1.68. The van der Waals surface area contributed by atoms with Gasteiger partial charge in [-0.1, -0.05) is 6.07 Å². The third-order valence-corrected chi connectivity index (χ3v) is 6.09. The average Bonchev–Trinajstić information content (AvgIpc) is 3.41. The topological polar surface area (TPSA) is 53.7 Å². The summed E-state index contributed by atoms with van der Waals surface area (Å²) in [6, 6.07) is 6.12. The van der Waals surface area contributed by atoms with Crippen molar-refractivity contribution in [2.45, 2.75) is 32.4 Å². The number of carbonyl (C=O) groups excluding carboxylic acids is 1. The molecule has 0 bridgehead atoms. The van der Waals surface area contributed by atoms with Gasteiger partial charge in [0.1, 0.15) is 5.65 Å². The Hall–Kier alpha value is -2.25. The second-order valence-electron chi connectivity index (χ2n) is 6.83. The first-order valence-electron chi connectivity index (χ1n) is 8.99. The van der Waals surface area contributed by atoms with Crippen LogP contribution in [0.15, 0.2) is 36.1 Å². The van der Waals surface area contributed by atoms with Crippen molar-refractivity contribution in [2.75, 3.05) is 20.1 Å². The molecule has 0 aromatic carbocycles. The Morgan fingerprint density at radius 3 is 2.88 bits per heavy atom. The van der Waals surface area contributed by atoms with Crippen molar-refractivity contribution >= 4 is 22.9 Å². The quantitative estimate of drug-likeness (QED) is 0.693. The van der Waals surface area contributed by atoms with E-state index < -0.39 is 0 Å². The summed E-state index contributed by atoms with van der Waals surface area (Å²) in [4.78, 5) is 27.3. The van der Waals surface area contributed by atoms with Crippen LogP contribution in [0.4, 0.5) is 0 Å². The maximum atomic E-state index is 13.0. The van der Waals surface area contributed by atoms with Crippen molar-refractivity contribution in [3.05, 3.63) is 52.4 Å². The molecule has 0 N–H and O–H groups in total. The largest absolute Gasteiger partial charge is 0.337 e. The molecule has 1 aliphatic rings. The molecule has 1 atom stereocenters. The number of hydrogen-bond acceptors (Lipinski definition) is 5. The number of hydrogen-bond donors (Lipinski definition) is 0. The molecule has 4 rings (SSSR count). The molecule has 0 aliphatic carbocycles. The zero-order valence-electron chi connectivity index (χ0n) is 15.1.